The highest BCUT2D eigenvalue weighted by atomic mass is 19.1. The van der Waals surface area contributed by atoms with Crippen LogP contribution in [0.2, 0.25) is 0 Å². The second-order valence-corrected chi connectivity index (χ2v) is 8.30. The molecule has 0 atom stereocenters. The normalized spacial score (nSPS) is 16.1. The lowest BCUT2D eigenvalue weighted by Gasteiger charge is -2.32. The van der Waals surface area contributed by atoms with Crippen LogP contribution in [0.3, 0.4) is 0 Å². The van der Waals surface area contributed by atoms with Crippen molar-refractivity contribution in [2.45, 2.75) is 45.6 Å². The zero-order chi connectivity index (χ0) is 20.0. The minimum absolute atomic E-state index is 0.290. The number of ether oxygens (including phenoxy) is 2. The minimum atomic E-state index is -0.294. The van der Waals surface area contributed by atoms with Crippen molar-refractivity contribution in [3.8, 4) is 11.6 Å². The molecular formula is C22H30FN3O2. The van der Waals surface area contributed by atoms with Crippen LogP contribution >= 0.6 is 0 Å². The van der Waals surface area contributed by atoms with Crippen LogP contribution in [0.1, 0.15) is 39.3 Å². The van der Waals surface area contributed by atoms with Crippen LogP contribution in [0.25, 0.3) is 0 Å². The van der Waals surface area contributed by atoms with Gasteiger partial charge in [-0.3, -0.25) is 4.98 Å². The lowest BCUT2D eigenvalue weighted by atomic mass is 9.97. The average molecular weight is 387 g/mol. The summed E-state index contributed by atoms with van der Waals surface area (Å²) in [5.74, 6) is 1.14. The maximum atomic E-state index is 13.6. The number of hydrogen-bond donors (Lipinski definition) is 0. The SMILES string of the molecule is CC(C)(C)Oc1nccnc1CCN1CCC(COc2ccccc2F)CC1. The molecule has 152 valence electrons. The molecule has 0 amide bonds. The zero-order valence-corrected chi connectivity index (χ0v) is 17.0. The van der Waals surface area contributed by atoms with Gasteiger partial charge in [0.25, 0.3) is 0 Å². The summed E-state index contributed by atoms with van der Waals surface area (Å²) in [5, 5.41) is 0. The fraction of sp³-hybridized carbons (Fsp3) is 0.545. The van der Waals surface area contributed by atoms with E-state index in [2.05, 4.69) is 14.9 Å². The Bertz CT molecular complexity index is 755. The second-order valence-electron chi connectivity index (χ2n) is 8.30. The Hall–Kier alpha value is -2.21. The first-order chi connectivity index (χ1) is 13.4. The zero-order valence-electron chi connectivity index (χ0n) is 17.0. The number of para-hydroxylation sites is 1. The number of piperidine rings is 1. The fourth-order valence-electron chi connectivity index (χ4n) is 3.31. The molecular weight excluding hydrogens is 357 g/mol. The van der Waals surface area contributed by atoms with Gasteiger partial charge in [0.05, 0.1) is 6.61 Å². The molecule has 1 aliphatic rings. The number of hydrogen-bond acceptors (Lipinski definition) is 5. The molecule has 6 heteroatoms. The Morgan fingerprint density at radius 2 is 1.82 bits per heavy atom. The van der Waals surface area contributed by atoms with E-state index in [0.717, 1.165) is 44.6 Å². The van der Waals surface area contributed by atoms with Crippen molar-refractivity contribution < 1.29 is 13.9 Å². The quantitative estimate of drug-likeness (QED) is 0.715. The van der Waals surface area contributed by atoms with Gasteiger partial charge >= 0.3 is 0 Å². The molecule has 2 heterocycles. The van der Waals surface area contributed by atoms with Crippen molar-refractivity contribution in [2.75, 3.05) is 26.2 Å². The number of likely N-dealkylation sites (tertiary alicyclic amines) is 1. The average Bonchev–Trinajstić information content (AvgIpc) is 2.66. The van der Waals surface area contributed by atoms with Crippen LogP contribution in [0.5, 0.6) is 11.6 Å². The molecule has 1 aliphatic heterocycles. The van der Waals surface area contributed by atoms with E-state index in [1.807, 2.05) is 20.8 Å². The summed E-state index contributed by atoms with van der Waals surface area (Å²) < 4.78 is 25.3. The number of benzene rings is 1. The molecule has 28 heavy (non-hydrogen) atoms. The van der Waals surface area contributed by atoms with Crippen molar-refractivity contribution in [1.29, 1.82) is 0 Å². The van der Waals surface area contributed by atoms with Gasteiger partial charge in [-0.1, -0.05) is 12.1 Å². The molecule has 0 radical (unpaired) electrons. The van der Waals surface area contributed by atoms with E-state index in [0.29, 0.717) is 24.2 Å². The van der Waals surface area contributed by atoms with E-state index in [1.54, 1.807) is 30.6 Å². The Balaban J connectivity index is 1.43. The van der Waals surface area contributed by atoms with Crippen LogP contribution in [-0.2, 0) is 6.42 Å². The largest absolute Gasteiger partial charge is 0.490 e. The minimum Gasteiger partial charge on any atom is -0.490 e. The van der Waals surface area contributed by atoms with Crippen molar-refractivity contribution in [2.24, 2.45) is 5.92 Å². The van der Waals surface area contributed by atoms with Gasteiger partial charge in [-0.2, -0.15) is 0 Å². The monoisotopic (exact) mass is 387 g/mol. The smallest absolute Gasteiger partial charge is 0.236 e. The van der Waals surface area contributed by atoms with Gasteiger partial charge < -0.3 is 14.4 Å². The predicted molar refractivity (Wildman–Crippen MR) is 107 cm³/mol. The predicted octanol–water partition coefficient (Wildman–Crippen LogP) is 4.13. The molecule has 1 fully saturated rings. The van der Waals surface area contributed by atoms with E-state index in [1.165, 1.54) is 6.07 Å². The number of nitrogens with zero attached hydrogens (tertiary/aromatic N) is 3. The summed E-state index contributed by atoms with van der Waals surface area (Å²) in [6, 6.07) is 6.59. The Morgan fingerprint density at radius 3 is 2.54 bits per heavy atom. The highest BCUT2D eigenvalue weighted by Crippen LogP contribution is 2.23. The van der Waals surface area contributed by atoms with Gasteiger partial charge in [-0.05, 0) is 64.8 Å². The molecule has 0 N–H and O–H groups in total. The van der Waals surface area contributed by atoms with Gasteiger partial charge in [0, 0.05) is 25.4 Å². The summed E-state index contributed by atoms with van der Waals surface area (Å²) >= 11 is 0. The first-order valence-electron chi connectivity index (χ1n) is 9.99. The van der Waals surface area contributed by atoms with Crippen molar-refractivity contribution >= 4 is 0 Å². The van der Waals surface area contributed by atoms with Crippen molar-refractivity contribution in [1.82, 2.24) is 14.9 Å². The third-order valence-corrected chi connectivity index (χ3v) is 4.82. The maximum Gasteiger partial charge on any atom is 0.236 e. The molecule has 1 aromatic carbocycles. The highest BCUT2D eigenvalue weighted by Gasteiger charge is 2.21. The third-order valence-electron chi connectivity index (χ3n) is 4.82. The van der Waals surface area contributed by atoms with E-state index in [-0.39, 0.29) is 11.4 Å². The van der Waals surface area contributed by atoms with Crippen LogP contribution in [0.15, 0.2) is 36.7 Å². The van der Waals surface area contributed by atoms with Gasteiger partial charge in [0.15, 0.2) is 11.6 Å². The van der Waals surface area contributed by atoms with E-state index in [4.69, 9.17) is 9.47 Å². The topological polar surface area (TPSA) is 47.5 Å². The van der Waals surface area contributed by atoms with Crippen LogP contribution in [0, 0.1) is 11.7 Å². The standard InChI is InChI=1S/C22H30FN3O2/c1-22(2,3)28-21-19(24-11-12-25-21)10-15-26-13-8-17(9-14-26)16-27-20-7-5-4-6-18(20)23/h4-7,11-12,17H,8-10,13-16H2,1-3H3. The van der Waals surface area contributed by atoms with Crippen molar-refractivity contribution in [3.05, 3.63) is 48.2 Å². The lowest BCUT2D eigenvalue weighted by molar-refractivity contribution is 0.119. The van der Waals surface area contributed by atoms with E-state index in [9.17, 15) is 4.39 Å². The Labute approximate surface area is 166 Å². The summed E-state index contributed by atoms with van der Waals surface area (Å²) in [6.07, 6.45) is 6.32. The van der Waals surface area contributed by atoms with E-state index < -0.39 is 0 Å². The highest BCUT2D eigenvalue weighted by molar-refractivity contribution is 5.23. The molecule has 0 aliphatic carbocycles. The van der Waals surface area contributed by atoms with E-state index >= 15 is 0 Å². The molecule has 2 aromatic rings. The van der Waals surface area contributed by atoms with Crippen LogP contribution in [0.4, 0.5) is 4.39 Å². The molecule has 3 rings (SSSR count). The summed E-state index contributed by atoms with van der Waals surface area (Å²) in [6.45, 7) is 9.57. The maximum absolute atomic E-state index is 13.6. The molecule has 0 bridgehead atoms. The fourth-order valence-corrected chi connectivity index (χ4v) is 3.31. The molecule has 1 aromatic heterocycles. The number of aromatic nitrogens is 2. The molecule has 0 spiro atoms. The molecule has 1 saturated heterocycles. The first kappa shape index (κ1) is 20.5. The summed E-state index contributed by atoms with van der Waals surface area (Å²) in [5.41, 5.74) is 0.615. The third kappa shape index (κ3) is 6.16. The molecule has 0 saturated carbocycles. The van der Waals surface area contributed by atoms with Gasteiger partial charge in [-0.25, -0.2) is 9.37 Å². The molecule has 5 nitrogen and oxygen atoms in total. The van der Waals surface area contributed by atoms with Gasteiger partial charge in [0.1, 0.15) is 11.3 Å². The summed E-state index contributed by atoms with van der Waals surface area (Å²) in [7, 11) is 0. The lowest BCUT2D eigenvalue weighted by Crippen LogP contribution is -2.37. The Kier molecular flexibility index (Phi) is 6.83. The summed E-state index contributed by atoms with van der Waals surface area (Å²) in [4.78, 5) is 11.3. The van der Waals surface area contributed by atoms with Gasteiger partial charge in [-0.15, -0.1) is 0 Å². The number of rotatable bonds is 7. The Morgan fingerprint density at radius 1 is 1.11 bits per heavy atom. The van der Waals surface area contributed by atoms with Crippen LogP contribution < -0.4 is 9.47 Å². The second kappa shape index (κ2) is 9.32. The van der Waals surface area contributed by atoms with Crippen molar-refractivity contribution in [3.63, 3.8) is 0 Å². The number of halogens is 1. The molecule has 0 unspecified atom stereocenters. The van der Waals surface area contributed by atoms with Gasteiger partial charge in [0.2, 0.25) is 5.88 Å². The van der Waals surface area contributed by atoms with Crippen LogP contribution in [-0.4, -0.2) is 46.7 Å². The first-order valence-corrected chi connectivity index (χ1v) is 9.99.